The highest BCUT2D eigenvalue weighted by Gasteiger charge is 2.32. The fraction of sp³-hybridized carbons (Fsp3) is 0.429. The van der Waals surface area contributed by atoms with Crippen molar-refractivity contribution in [3.05, 3.63) is 29.8 Å². The van der Waals surface area contributed by atoms with Crippen LogP contribution in [0.4, 0.5) is 13.2 Å². The molecule has 0 saturated carbocycles. The van der Waals surface area contributed by atoms with E-state index in [0.29, 0.717) is 13.0 Å². The number of piperidine rings is 1. The maximum atomic E-state index is 12.4. The van der Waals surface area contributed by atoms with Crippen LogP contribution in [0.5, 0.6) is 5.75 Å². The van der Waals surface area contributed by atoms with Crippen molar-refractivity contribution in [2.45, 2.75) is 31.7 Å². The molecule has 5 nitrogen and oxygen atoms in total. The summed E-state index contributed by atoms with van der Waals surface area (Å²) in [6, 6.07) is 3.91. The summed E-state index contributed by atoms with van der Waals surface area (Å²) in [6.07, 6.45) is -2.73. The van der Waals surface area contributed by atoms with Crippen molar-refractivity contribution in [1.82, 2.24) is 4.90 Å². The lowest BCUT2D eigenvalue weighted by molar-refractivity contribution is -0.274. The van der Waals surface area contributed by atoms with E-state index in [1.807, 2.05) is 0 Å². The standard InChI is InChI=1S/C14H15F3N2O3/c15-14(16,17)22-10-6-4-9(5-7-10)13(21)19-8-2-1-3-11(19)12(18)20/h4-7,11H,1-3,8H2,(H2,18,20). The number of rotatable bonds is 3. The third-order valence-electron chi connectivity index (χ3n) is 3.43. The third-order valence-corrected chi connectivity index (χ3v) is 3.43. The average molecular weight is 316 g/mol. The highest BCUT2D eigenvalue weighted by Crippen LogP contribution is 2.24. The molecule has 1 unspecified atom stereocenters. The zero-order valence-corrected chi connectivity index (χ0v) is 11.6. The number of primary amides is 1. The number of likely N-dealkylation sites (tertiary alicyclic amines) is 1. The number of halogens is 3. The lowest BCUT2D eigenvalue weighted by Gasteiger charge is -2.33. The van der Waals surface area contributed by atoms with Gasteiger partial charge in [-0.3, -0.25) is 9.59 Å². The quantitative estimate of drug-likeness (QED) is 0.928. The first-order chi connectivity index (χ1) is 10.3. The smallest absolute Gasteiger partial charge is 0.406 e. The van der Waals surface area contributed by atoms with Crippen molar-refractivity contribution in [2.75, 3.05) is 6.54 Å². The van der Waals surface area contributed by atoms with Crippen LogP contribution in [0.25, 0.3) is 0 Å². The van der Waals surface area contributed by atoms with Gasteiger partial charge in [0.1, 0.15) is 11.8 Å². The minimum atomic E-state index is -4.78. The van der Waals surface area contributed by atoms with E-state index in [4.69, 9.17) is 5.73 Å². The van der Waals surface area contributed by atoms with Crippen LogP contribution in [-0.2, 0) is 4.79 Å². The molecule has 2 rings (SSSR count). The van der Waals surface area contributed by atoms with Gasteiger partial charge in [-0.25, -0.2) is 0 Å². The maximum absolute atomic E-state index is 12.4. The van der Waals surface area contributed by atoms with Crippen molar-refractivity contribution >= 4 is 11.8 Å². The molecule has 0 radical (unpaired) electrons. The Morgan fingerprint density at radius 2 is 1.82 bits per heavy atom. The molecule has 2 N–H and O–H groups in total. The first-order valence-corrected chi connectivity index (χ1v) is 6.74. The second-order valence-electron chi connectivity index (χ2n) is 4.98. The Morgan fingerprint density at radius 1 is 1.18 bits per heavy atom. The van der Waals surface area contributed by atoms with Gasteiger partial charge < -0.3 is 15.4 Å². The molecule has 1 fully saturated rings. The van der Waals surface area contributed by atoms with Gasteiger partial charge in [-0.2, -0.15) is 0 Å². The van der Waals surface area contributed by atoms with E-state index in [1.54, 1.807) is 0 Å². The zero-order chi connectivity index (χ0) is 16.3. The van der Waals surface area contributed by atoms with Crippen molar-refractivity contribution in [3.63, 3.8) is 0 Å². The number of alkyl halides is 3. The van der Waals surface area contributed by atoms with E-state index in [1.165, 1.54) is 17.0 Å². The van der Waals surface area contributed by atoms with Crippen LogP contribution in [0, 0.1) is 0 Å². The maximum Gasteiger partial charge on any atom is 0.573 e. The number of hydrogen-bond donors (Lipinski definition) is 1. The van der Waals surface area contributed by atoms with E-state index in [-0.39, 0.29) is 5.56 Å². The second kappa shape index (κ2) is 6.25. The van der Waals surface area contributed by atoms with Gasteiger partial charge >= 0.3 is 6.36 Å². The van der Waals surface area contributed by atoms with E-state index in [0.717, 1.165) is 25.0 Å². The van der Waals surface area contributed by atoms with E-state index in [2.05, 4.69) is 4.74 Å². The molecule has 120 valence electrons. The monoisotopic (exact) mass is 316 g/mol. The molecule has 0 spiro atoms. The predicted molar refractivity (Wildman–Crippen MR) is 71.0 cm³/mol. The van der Waals surface area contributed by atoms with Gasteiger partial charge in [0.2, 0.25) is 5.91 Å². The topological polar surface area (TPSA) is 72.6 Å². The van der Waals surface area contributed by atoms with Gasteiger partial charge in [-0.05, 0) is 43.5 Å². The molecule has 1 atom stereocenters. The van der Waals surface area contributed by atoms with Gasteiger partial charge in [-0.15, -0.1) is 13.2 Å². The Labute approximate surface area is 124 Å². The van der Waals surface area contributed by atoms with Crippen LogP contribution in [0.15, 0.2) is 24.3 Å². The number of ether oxygens (including phenoxy) is 1. The molecular formula is C14H15F3N2O3. The number of carbonyl (C=O) groups is 2. The molecular weight excluding hydrogens is 301 g/mol. The summed E-state index contributed by atoms with van der Waals surface area (Å²) in [7, 11) is 0. The number of benzene rings is 1. The summed E-state index contributed by atoms with van der Waals surface area (Å²) in [4.78, 5) is 25.1. The third kappa shape index (κ3) is 3.90. The molecule has 8 heteroatoms. The van der Waals surface area contributed by atoms with Crippen molar-refractivity contribution < 1.29 is 27.5 Å². The SMILES string of the molecule is NC(=O)C1CCCCN1C(=O)c1ccc(OC(F)(F)F)cc1. The molecule has 0 bridgehead atoms. The van der Waals surface area contributed by atoms with E-state index >= 15 is 0 Å². The lowest BCUT2D eigenvalue weighted by atomic mass is 10.0. The van der Waals surface area contributed by atoms with Gasteiger partial charge in [0.25, 0.3) is 5.91 Å². The Hall–Kier alpha value is -2.25. The summed E-state index contributed by atoms with van der Waals surface area (Å²) in [5, 5.41) is 0. The number of nitrogens with zero attached hydrogens (tertiary/aromatic N) is 1. The lowest BCUT2D eigenvalue weighted by Crippen LogP contribution is -2.50. The molecule has 22 heavy (non-hydrogen) atoms. The molecule has 0 aliphatic carbocycles. The van der Waals surface area contributed by atoms with Crippen molar-refractivity contribution in [1.29, 1.82) is 0 Å². The highest BCUT2D eigenvalue weighted by atomic mass is 19.4. The first-order valence-electron chi connectivity index (χ1n) is 6.74. The summed E-state index contributed by atoms with van der Waals surface area (Å²) in [6.45, 7) is 0.396. The minimum Gasteiger partial charge on any atom is -0.406 e. The number of nitrogens with two attached hydrogens (primary N) is 1. The Morgan fingerprint density at radius 3 is 2.36 bits per heavy atom. The first kappa shape index (κ1) is 16.1. The summed E-state index contributed by atoms with van der Waals surface area (Å²) in [5.74, 6) is -1.42. The summed E-state index contributed by atoms with van der Waals surface area (Å²) < 4.78 is 40.0. The highest BCUT2D eigenvalue weighted by molar-refractivity contribution is 5.97. The van der Waals surface area contributed by atoms with Gasteiger partial charge in [0, 0.05) is 12.1 Å². The summed E-state index contributed by atoms with van der Waals surface area (Å²) >= 11 is 0. The largest absolute Gasteiger partial charge is 0.573 e. The molecule has 1 aliphatic rings. The average Bonchev–Trinajstić information content (AvgIpc) is 2.45. The molecule has 0 aromatic heterocycles. The van der Waals surface area contributed by atoms with Crippen molar-refractivity contribution in [2.24, 2.45) is 5.73 Å². The normalized spacial score (nSPS) is 18.9. The Balaban J connectivity index is 2.13. The van der Waals surface area contributed by atoms with Crippen LogP contribution < -0.4 is 10.5 Å². The molecule has 1 aromatic rings. The molecule has 1 heterocycles. The number of amides is 2. The van der Waals surface area contributed by atoms with E-state index < -0.39 is 30.0 Å². The summed E-state index contributed by atoms with van der Waals surface area (Å²) in [5.41, 5.74) is 5.47. The van der Waals surface area contributed by atoms with E-state index in [9.17, 15) is 22.8 Å². The fourth-order valence-corrected chi connectivity index (χ4v) is 2.44. The van der Waals surface area contributed by atoms with Crippen LogP contribution in [0.3, 0.4) is 0 Å². The van der Waals surface area contributed by atoms with Crippen LogP contribution in [0.2, 0.25) is 0 Å². The van der Waals surface area contributed by atoms with Gasteiger partial charge in [0.05, 0.1) is 0 Å². The fourth-order valence-electron chi connectivity index (χ4n) is 2.44. The minimum absolute atomic E-state index is 0.183. The zero-order valence-electron chi connectivity index (χ0n) is 11.6. The van der Waals surface area contributed by atoms with Gasteiger partial charge in [-0.1, -0.05) is 0 Å². The second-order valence-corrected chi connectivity index (χ2v) is 4.98. The number of carbonyl (C=O) groups excluding carboxylic acids is 2. The van der Waals surface area contributed by atoms with Crippen molar-refractivity contribution in [3.8, 4) is 5.75 Å². The van der Waals surface area contributed by atoms with Gasteiger partial charge in [0.15, 0.2) is 0 Å². The van der Waals surface area contributed by atoms with Crippen LogP contribution >= 0.6 is 0 Å². The molecule has 1 aromatic carbocycles. The molecule has 1 saturated heterocycles. The van der Waals surface area contributed by atoms with Crippen LogP contribution in [0.1, 0.15) is 29.6 Å². The Bertz CT molecular complexity index is 557. The predicted octanol–water partition coefficient (Wildman–Crippen LogP) is 2.07. The molecule has 1 aliphatic heterocycles. The molecule has 2 amide bonds. The number of hydrogen-bond acceptors (Lipinski definition) is 3. The van der Waals surface area contributed by atoms with Crippen LogP contribution in [-0.4, -0.2) is 35.7 Å². The Kier molecular flexibility index (Phi) is 4.58.